The Balaban J connectivity index is 1.87. The molecule has 1 aliphatic heterocycles. The molecule has 1 saturated carbocycles. The van der Waals surface area contributed by atoms with Crippen molar-refractivity contribution in [2.75, 3.05) is 13.1 Å². The van der Waals surface area contributed by atoms with Gasteiger partial charge in [-0.15, -0.1) is 0 Å². The number of nitro benzene ring substituents is 1. The van der Waals surface area contributed by atoms with Crippen molar-refractivity contribution in [3.8, 4) is 0 Å². The van der Waals surface area contributed by atoms with Crippen LogP contribution in [0.25, 0.3) is 0 Å². The summed E-state index contributed by atoms with van der Waals surface area (Å²) < 4.78 is 0. The van der Waals surface area contributed by atoms with Gasteiger partial charge in [0.1, 0.15) is 5.56 Å². The Hall–Kier alpha value is -1.95. The van der Waals surface area contributed by atoms with Gasteiger partial charge in [0.15, 0.2) is 0 Å². The van der Waals surface area contributed by atoms with E-state index in [1.54, 1.807) is 30.0 Å². The Morgan fingerprint density at radius 3 is 2.82 bits per heavy atom. The molecule has 6 nitrogen and oxygen atoms in total. The summed E-state index contributed by atoms with van der Waals surface area (Å²) >= 11 is 0. The van der Waals surface area contributed by atoms with E-state index < -0.39 is 4.92 Å². The lowest BCUT2D eigenvalue weighted by molar-refractivity contribution is -0.385. The first-order chi connectivity index (χ1) is 10.5. The third-order valence-electron chi connectivity index (χ3n) is 5.09. The molecule has 2 fully saturated rings. The molecule has 1 aromatic rings. The fourth-order valence-corrected chi connectivity index (χ4v) is 3.93. The van der Waals surface area contributed by atoms with Gasteiger partial charge < -0.3 is 10.6 Å². The summed E-state index contributed by atoms with van der Waals surface area (Å²) in [5.41, 5.74) is 6.81. The zero-order valence-electron chi connectivity index (χ0n) is 12.7. The number of hydrogen-bond acceptors (Lipinski definition) is 4. The topological polar surface area (TPSA) is 89.5 Å². The number of nitrogens with two attached hydrogens (primary N) is 1. The second kappa shape index (κ2) is 5.68. The molecule has 2 aliphatic rings. The van der Waals surface area contributed by atoms with Crippen molar-refractivity contribution in [2.45, 2.75) is 32.2 Å². The Bertz CT molecular complexity index is 617. The maximum absolute atomic E-state index is 12.8. The van der Waals surface area contributed by atoms with Crippen LogP contribution < -0.4 is 5.73 Å². The van der Waals surface area contributed by atoms with E-state index in [0.717, 1.165) is 19.3 Å². The maximum Gasteiger partial charge on any atom is 0.285 e. The van der Waals surface area contributed by atoms with Crippen molar-refractivity contribution in [2.24, 2.45) is 17.6 Å². The van der Waals surface area contributed by atoms with Crippen molar-refractivity contribution in [1.82, 2.24) is 4.90 Å². The summed E-state index contributed by atoms with van der Waals surface area (Å²) in [6, 6.07) is 5.05. The highest BCUT2D eigenvalue weighted by Crippen LogP contribution is 2.37. The minimum atomic E-state index is -0.461. The van der Waals surface area contributed by atoms with E-state index >= 15 is 0 Å². The van der Waals surface area contributed by atoms with Gasteiger partial charge in [-0.25, -0.2) is 0 Å². The summed E-state index contributed by atoms with van der Waals surface area (Å²) in [5.74, 6) is 0.537. The van der Waals surface area contributed by atoms with Gasteiger partial charge in [-0.1, -0.05) is 18.6 Å². The molecule has 22 heavy (non-hydrogen) atoms. The monoisotopic (exact) mass is 303 g/mol. The molecule has 0 spiro atoms. The number of hydrogen-bond donors (Lipinski definition) is 1. The number of aryl methyl sites for hydroxylation is 1. The van der Waals surface area contributed by atoms with Crippen LogP contribution in [0.4, 0.5) is 5.69 Å². The van der Waals surface area contributed by atoms with Crippen LogP contribution in [0, 0.1) is 28.9 Å². The molecular formula is C16H21N3O3. The van der Waals surface area contributed by atoms with Gasteiger partial charge >= 0.3 is 0 Å². The molecule has 0 aromatic heterocycles. The van der Waals surface area contributed by atoms with E-state index in [-0.39, 0.29) is 23.2 Å². The second-order valence-electron chi connectivity index (χ2n) is 6.46. The maximum atomic E-state index is 12.8. The highest BCUT2D eigenvalue weighted by Gasteiger charge is 2.41. The molecule has 0 bridgehead atoms. The van der Waals surface area contributed by atoms with Crippen molar-refractivity contribution in [1.29, 1.82) is 0 Å². The molecule has 1 amide bonds. The molecule has 1 aromatic carbocycles. The summed E-state index contributed by atoms with van der Waals surface area (Å²) in [4.78, 5) is 25.3. The van der Waals surface area contributed by atoms with Crippen LogP contribution in [0.1, 0.15) is 35.2 Å². The SMILES string of the molecule is Cc1cccc(C(=O)N2CC3CCCC(N)C3C2)c1[N+](=O)[O-]. The van der Waals surface area contributed by atoms with E-state index in [9.17, 15) is 14.9 Å². The third-order valence-corrected chi connectivity index (χ3v) is 5.09. The van der Waals surface area contributed by atoms with Crippen molar-refractivity contribution in [3.05, 3.63) is 39.4 Å². The lowest BCUT2D eigenvalue weighted by Crippen LogP contribution is -2.38. The Morgan fingerprint density at radius 1 is 1.36 bits per heavy atom. The number of carbonyl (C=O) groups excluding carboxylic acids is 1. The standard InChI is InChI=1S/C16H21N3O3/c1-10-4-2-6-12(15(10)19(21)22)16(20)18-8-11-5-3-7-14(17)13(11)9-18/h2,4,6,11,13-14H,3,5,7-9,17H2,1H3. The van der Waals surface area contributed by atoms with Gasteiger partial charge in [-0.05, 0) is 37.7 Å². The average molecular weight is 303 g/mol. The highest BCUT2D eigenvalue weighted by atomic mass is 16.6. The van der Waals surface area contributed by atoms with Crippen LogP contribution in [0.2, 0.25) is 0 Å². The fourth-order valence-electron chi connectivity index (χ4n) is 3.93. The number of fused-ring (bicyclic) bond motifs is 1. The smallest absolute Gasteiger partial charge is 0.285 e. The molecule has 1 saturated heterocycles. The lowest BCUT2D eigenvalue weighted by atomic mass is 9.78. The number of carbonyl (C=O) groups is 1. The van der Waals surface area contributed by atoms with E-state index in [1.165, 1.54) is 0 Å². The van der Waals surface area contributed by atoms with E-state index in [0.29, 0.717) is 30.5 Å². The van der Waals surface area contributed by atoms with Crippen molar-refractivity contribution >= 4 is 11.6 Å². The van der Waals surface area contributed by atoms with Crippen molar-refractivity contribution < 1.29 is 9.72 Å². The molecule has 1 heterocycles. The number of likely N-dealkylation sites (tertiary alicyclic amines) is 1. The molecule has 0 radical (unpaired) electrons. The molecular weight excluding hydrogens is 282 g/mol. The fraction of sp³-hybridized carbons (Fsp3) is 0.562. The molecule has 3 unspecified atom stereocenters. The van der Waals surface area contributed by atoms with Crippen molar-refractivity contribution in [3.63, 3.8) is 0 Å². The normalized spacial score (nSPS) is 27.5. The Kier molecular flexibility index (Phi) is 3.87. The number of nitro groups is 1. The zero-order valence-corrected chi connectivity index (χ0v) is 12.7. The van der Waals surface area contributed by atoms with E-state index in [4.69, 9.17) is 5.73 Å². The third kappa shape index (κ3) is 2.47. The van der Waals surface area contributed by atoms with Crippen LogP contribution in [-0.4, -0.2) is 34.9 Å². The summed E-state index contributed by atoms with van der Waals surface area (Å²) in [5, 5.41) is 11.3. The second-order valence-corrected chi connectivity index (χ2v) is 6.46. The lowest BCUT2D eigenvalue weighted by Gasteiger charge is -2.29. The molecule has 118 valence electrons. The summed E-state index contributed by atoms with van der Waals surface area (Å²) in [6.45, 7) is 2.95. The van der Waals surface area contributed by atoms with E-state index in [1.807, 2.05) is 0 Å². The number of nitrogens with zero attached hydrogens (tertiary/aromatic N) is 2. The quantitative estimate of drug-likeness (QED) is 0.669. The van der Waals surface area contributed by atoms with Crippen LogP contribution in [0.3, 0.4) is 0 Å². The first-order valence-electron chi connectivity index (χ1n) is 7.78. The number of para-hydroxylation sites is 1. The first kappa shape index (κ1) is 15.0. The molecule has 3 rings (SSSR count). The summed E-state index contributed by atoms with van der Waals surface area (Å²) in [6.07, 6.45) is 3.21. The zero-order chi connectivity index (χ0) is 15.9. The van der Waals surface area contributed by atoms with Gasteiger partial charge in [0.2, 0.25) is 0 Å². The highest BCUT2D eigenvalue weighted by molar-refractivity contribution is 5.98. The van der Waals surface area contributed by atoms with Gasteiger partial charge in [0, 0.05) is 24.7 Å². The van der Waals surface area contributed by atoms with Crippen LogP contribution >= 0.6 is 0 Å². The molecule has 2 N–H and O–H groups in total. The molecule has 6 heteroatoms. The minimum absolute atomic E-state index is 0.0772. The van der Waals surface area contributed by atoms with Crippen LogP contribution in [-0.2, 0) is 0 Å². The number of amides is 1. The van der Waals surface area contributed by atoms with E-state index in [2.05, 4.69) is 0 Å². The van der Waals surface area contributed by atoms with Gasteiger partial charge in [0.05, 0.1) is 4.92 Å². The van der Waals surface area contributed by atoms with Gasteiger partial charge in [-0.2, -0.15) is 0 Å². The average Bonchev–Trinajstić information content (AvgIpc) is 2.91. The summed E-state index contributed by atoms with van der Waals surface area (Å²) in [7, 11) is 0. The predicted molar refractivity (Wildman–Crippen MR) is 82.5 cm³/mol. The molecule has 1 aliphatic carbocycles. The Morgan fingerprint density at radius 2 is 2.14 bits per heavy atom. The number of rotatable bonds is 2. The minimum Gasteiger partial charge on any atom is -0.338 e. The predicted octanol–water partition coefficient (Wildman–Crippen LogP) is 2.10. The number of benzene rings is 1. The Labute approximate surface area is 129 Å². The van der Waals surface area contributed by atoms with Crippen LogP contribution in [0.15, 0.2) is 18.2 Å². The van der Waals surface area contributed by atoms with Gasteiger partial charge in [0.25, 0.3) is 11.6 Å². The molecule has 3 atom stereocenters. The first-order valence-corrected chi connectivity index (χ1v) is 7.78. The largest absolute Gasteiger partial charge is 0.338 e. The van der Waals surface area contributed by atoms with Crippen LogP contribution in [0.5, 0.6) is 0 Å². The van der Waals surface area contributed by atoms with Gasteiger partial charge in [-0.3, -0.25) is 14.9 Å².